The number of oxime groups is 1. The van der Waals surface area contributed by atoms with Crippen LogP contribution in [0.5, 0.6) is 6.01 Å². The monoisotopic (exact) mass is 486 g/mol. The fraction of sp³-hybridized carbons (Fsp3) is 0.640. The van der Waals surface area contributed by atoms with Gasteiger partial charge in [-0.2, -0.15) is 4.98 Å². The van der Waals surface area contributed by atoms with Crippen LogP contribution in [0.3, 0.4) is 0 Å². The molecule has 2 aromatic heterocycles. The number of carbonyl (C=O) groups excluding carboxylic acids is 1. The van der Waals surface area contributed by atoms with E-state index in [0.29, 0.717) is 43.8 Å². The lowest BCUT2D eigenvalue weighted by Crippen LogP contribution is -2.42. The fourth-order valence-corrected chi connectivity index (χ4v) is 4.68. The second kappa shape index (κ2) is 10.6. The van der Waals surface area contributed by atoms with Gasteiger partial charge in [0.25, 0.3) is 5.56 Å². The molecule has 190 valence electrons. The fourth-order valence-electron chi connectivity index (χ4n) is 4.68. The van der Waals surface area contributed by atoms with Gasteiger partial charge in [-0.1, -0.05) is 37.3 Å². The first kappa shape index (κ1) is 24.9. The summed E-state index contributed by atoms with van der Waals surface area (Å²) in [6.45, 7) is 6.40. The van der Waals surface area contributed by atoms with E-state index in [4.69, 9.17) is 14.0 Å². The number of aromatic nitrogens is 2. The van der Waals surface area contributed by atoms with Gasteiger partial charge in [0.1, 0.15) is 11.0 Å². The van der Waals surface area contributed by atoms with Gasteiger partial charge in [-0.05, 0) is 45.1 Å². The first-order valence-electron chi connectivity index (χ1n) is 12.5. The minimum Gasteiger partial charge on any atom is -0.444 e. The second-order valence-electron chi connectivity index (χ2n) is 10.4. The van der Waals surface area contributed by atoms with Crippen LogP contribution in [0.15, 0.2) is 25.2 Å². The van der Waals surface area contributed by atoms with Crippen molar-refractivity contribution in [1.82, 2.24) is 14.9 Å². The Balaban J connectivity index is 1.42. The van der Waals surface area contributed by atoms with Crippen LogP contribution >= 0.6 is 0 Å². The number of nitrogens with zero attached hydrogens (tertiary/aromatic N) is 3. The van der Waals surface area contributed by atoms with Gasteiger partial charge >= 0.3 is 17.7 Å². The van der Waals surface area contributed by atoms with E-state index in [2.05, 4.69) is 15.1 Å². The lowest BCUT2D eigenvalue weighted by molar-refractivity contribution is 0.0248. The number of piperidine rings is 1. The highest BCUT2D eigenvalue weighted by Crippen LogP contribution is 2.28. The average Bonchev–Trinajstić information content (AvgIpc) is 2.80. The zero-order valence-electron chi connectivity index (χ0n) is 20.7. The van der Waals surface area contributed by atoms with Crippen LogP contribution in [0.25, 0.3) is 11.1 Å². The summed E-state index contributed by atoms with van der Waals surface area (Å²) in [6.07, 6.45) is 8.40. The minimum atomic E-state index is -0.549. The van der Waals surface area contributed by atoms with E-state index in [9.17, 15) is 14.4 Å². The molecular formula is C25H34N4O6. The lowest BCUT2D eigenvalue weighted by atomic mass is 9.85. The molecule has 0 atom stereocenters. The van der Waals surface area contributed by atoms with Crippen molar-refractivity contribution < 1.29 is 18.8 Å². The lowest BCUT2D eigenvalue weighted by Gasteiger charge is -2.30. The Morgan fingerprint density at radius 2 is 1.91 bits per heavy atom. The maximum absolute atomic E-state index is 12.8. The molecule has 1 amide bonds. The first-order valence-corrected chi connectivity index (χ1v) is 12.5. The van der Waals surface area contributed by atoms with Crippen LogP contribution in [0.1, 0.15) is 77.7 Å². The van der Waals surface area contributed by atoms with E-state index >= 15 is 0 Å². The number of ether oxygens (including phenoxy) is 1. The summed E-state index contributed by atoms with van der Waals surface area (Å²) >= 11 is 0. The summed E-state index contributed by atoms with van der Waals surface area (Å²) in [7, 11) is 0. The molecule has 10 nitrogen and oxygen atoms in total. The molecule has 35 heavy (non-hydrogen) atoms. The molecule has 10 heteroatoms. The van der Waals surface area contributed by atoms with E-state index in [1.807, 2.05) is 20.8 Å². The molecule has 2 aromatic rings. The van der Waals surface area contributed by atoms with Crippen LogP contribution < -0.4 is 16.0 Å². The Bertz CT molecular complexity index is 1190. The summed E-state index contributed by atoms with van der Waals surface area (Å²) in [5.41, 5.74) is -0.172. The molecule has 0 bridgehead atoms. The Morgan fingerprint density at radius 1 is 1.20 bits per heavy atom. The van der Waals surface area contributed by atoms with Crippen molar-refractivity contribution in [2.45, 2.75) is 84.2 Å². The number of carbonyl (C=O) groups is 1. The van der Waals surface area contributed by atoms with E-state index in [0.717, 1.165) is 12.1 Å². The predicted molar refractivity (Wildman–Crippen MR) is 131 cm³/mol. The van der Waals surface area contributed by atoms with Crippen molar-refractivity contribution in [2.75, 3.05) is 13.1 Å². The van der Waals surface area contributed by atoms with Gasteiger partial charge in [0.2, 0.25) is 5.71 Å². The van der Waals surface area contributed by atoms with Gasteiger partial charge in [-0.25, -0.2) is 9.59 Å². The van der Waals surface area contributed by atoms with Crippen LogP contribution in [-0.2, 0) is 11.2 Å². The maximum Gasteiger partial charge on any atom is 0.410 e. The van der Waals surface area contributed by atoms with Crippen molar-refractivity contribution in [1.29, 1.82) is 0 Å². The third-order valence-corrected chi connectivity index (χ3v) is 6.48. The number of H-pyrrole nitrogens is 1. The number of hydrogen-bond acceptors (Lipinski definition) is 8. The van der Waals surface area contributed by atoms with Crippen molar-refractivity contribution >= 4 is 22.9 Å². The summed E-state index contributed by atoms with van der Waals surface area (Å²) in [4.78, 5) is 50.9. The zero-order chi connectivity index (χ0) is 25.0. The normalized spacial score (nSPS) is 17.5. The van der Waals surface area contributed by atoms with E-state index < -0.39 is 16.8 Å². The van der Waals surface area contributed by atoms with Crippen LogP contribution in [0.2, 0.25) is 0 Å². The molecule has 3 heterocycles. The molecule has 1 saturated carbocycles. The molecule has 2 fully saturated rings. The second-order valence-corrected chi connectivity index (χ2v) is 10.4. The summed E-state index contributed by atoms with van der Waals surface area (Å²) in [6, 6.07) is 1.25. The molecule has 1 aliphatic heterocycles. The van der Waals surface area contributed by atoms with Gasteiger partial charge in [0.05, 0.1) is 5.71 Å². The molecular weight excluding hydrogens is 452 g/mol. The first-order chi connectivity index (χ1) is 16.7. The summed E-state index contributed by atoms with van der Waals surface area (Å²) in [5.74, 6) is 0.623. The van der Waals surface area contributed by atoms with E-state index in [-0.39, 0.29) is 23.2 Å². The number of nitrogens with one attached hydrogen (secondary N) is 1. The van der Waals surface area contributed by atoms with Gasteiger partial charge in [0.15, 0.2) is 0 Å². The standard InChI is InChI=1S/C25H34N4O6/c1-25(2,3)34-24(32)29-13-11-18(12-14-29)28-35-23-26-21(31)20-17(15-19(30)33-22(20)27-23)10-9-16-7-5-4-6-8-16/h15-16H,4-14H2,1-3H3,(H,26,27,31). The van der Waals surface area contributed by atoms with Crippen molar-refractivity contribution in [3.05, 3.63) is 32.4 Å². The van der Waals surface area contributed by atoms with Gasteiger partial charge in [-0.15, -0.1) is 0 Å². The molecule has 0 radical (unpaired) electrons. The number of rotatable bonds is 5. The summed E-state index contributed by atoms with van der Waals surface area (Å²) < 4.78 is 10.6. The van der Waals surface area contributed by atoms with Crippen molar-refractivity contribution in [3.8, 4) is 6.01 Å². The van der Waals surface area contributed by atoms with Crippen molar-refractivity contribution in [3.63, 3.8) is 0 Å². The number of fused-ring (bicyclic) bond motifs is 1. The largest absolute Gasteiger partial charge is 0.444 e. The Morgan fingerprint density at radius 3 is 2.60 bits per heavy atom. The molecule has 2 aliphatic rings. The highest BCUT2D eigenvalue weighted by atomic mass is 16.6. The van der Waals surface area contributed by atoms with Crippen LogP contribution in [-0.4, -0.2) is 45.4 Å². The highest BCUT2D eigenvalue weighted by molar-refractivity contribution is 5.86. The van der Waals surface area contributed by atoms with Gasteiger partial charge < -0.3 is 18.9 Å². The molecule has 0 spiro atoms. The zero-order valence-corrected chi connectivity index (χ0v) is 20.7. The Labute approximate surface area is 203 Å². The van der Waals surface area contributed by atoms with Gasteiger partial charge in [0, 0.05) is 32.0 Å². The topological polar surface area (TPSA) is 127 Å². The quantitative estimate of drug-likeness (QED) is 0.629. The van der Waals surface area contributed by atoms with Crippen molar-refractivity contribution in [2.24, 2.45) is 11.1 Å². The third kappa shape index (κ3) is 6.70. The minimum absolute atomic E-state index is 0.0464. The van der Waals surface area contributed by atoms with Gasteiger partial charge in [-0.3, -0.25) is 9.78 Å². The Kier molecular flexibility index (Phi) is 7.57. The average molecular weight is 487 g/mol. The molecule has 1 aliphatic carbocycles. The number of likely N-dealkylation sites (tertiary alicyclic amines) is 1. The number of aryl methyl sites for hydroxylation is 1. The third-order valence-electron chi connectivity index (χ3n) is 6.48. The predicted octanol–water partition coefficient (Wildman–Crippen LogP) is 4.15. The van der Waals surface area contributed by atoms with Crippen LogP contribution in [0, 0.1) is 5.92 Å². The molecule has 1 saturated heterocycles. The smallest absolute Gasteiger partial charge is 0.410 e. The van der Waals surface area contributed by atoms with Crippen LogP contribution in [0.4, 0.5) is 4.79 Å². The molecule has 0 unspecified atom stereocenters. The molecule has 1 N–H and O–H groups in total. The number of amides is 1. The number of aromatic amines is 1. The number of hydrogen-bond donors (Lipinski definition) is 1. The Hall–Kier alpha value is -3.17. The van der Waals surface area contributed by atoms with E-state index in [1.54, 1.807) is 4.90 Å². The summed E-state index contributed by atoms with van der Waals surface area (Å²) in [5, 5.41) is 4.38. The SMILES string of the molecule is CC(C)(C)OC(=O)N1CCC(=NOc2nc3oc(=O)cc(CCC4CCCCC4)c3c(=O)[nH]2)CC1. The molecule has 4 rings (SSSR count). The maximum atomic E-state index is 12.8. The highest BCUT2D eigenvalue weighted by Gasteiger charge is 2.25. The molecule has 0 aromatic carbocycles. The van der Waals surface area contributed by atoms with E-state index in [1.165, 1.54) is 38.2 Å².